The Morgan fingerprint density at radius 3 is 2.68 bits per heavy atom. The number of halogens is 2. The van der Waals surface area contributed by atoms with Crippen molar-refractivity contribution in [2.45, 2.75) is 13.5 Å². The van der Waals surface area contributed by atoms with Crippen molar-refractivity contribution in [1.29, 1.82) is 0 Å². The van der Waals surface area contributed by atoms with Crippen LogP contribution in [0.2, 0.25) is 5.02 Å². The van der Waals surface area contributed by atoms with E-state index in [4.69, 9.17) is 26.9 Å². The van der Waals surface area contributed by atoms with Gasteiger partial charge in [0.1, 0.15) is 12.4 Å². The summed E-state index contributed by atoms with van der Waals surface area (Å²) in [5.41, 5.74) is 1.50. The molecule has 6 heteroatoms. The van der Waals surface area contributed by atoms with E-state index in [-0.39, 0.29) is 12.4 Å². The zero-order valence-corrected chi connectivity index (χ0v) is 12.8. The molecule has 2 aromatic carbocycles. The van der Waals surface area contributed by atoms with E-state index in [1.165, 1.54) is 18.3 Å². The Morgan fingerprint density at radius 1 is 1.18 bits per heavy atom. The normalized spacial score (nSPS) is 10.9. The van der Waals surface area contributed by atoms with E-state index < -0.39 is 0 Å². The molecule has 0 atom stereocenters. The second-order valence-corrected chi connectivity index (χ2v) is 4.85. The molecule has 0 aliphatic heterocycles. The van der Waals surface area contributed by atoms with Crippen molar-refractivity contribution in [2.24, 2.45) is 10.9 Å². The van der Waals surface area contributed by atoms with Gasteiger partial charge in [0, 0.05) is 5.56 Å². The van der Waals surface area contributed by atoms with Crippen LogP contribution in [0.4, 0.5) is 4.39 Å². The van der Waals surface area contributed by atoms with Crippen LogP contribution in [0, 0.1) is 5.82 Å². The molecule has 0 spiro atoms. The molecule has 0 fully saturated rings. The molecular weight excluding hydrogens is 307 g/mol. The lowest BCUT2D eigenvalue weighted by Gasteiger charge is -2.13. The first-order chi connectivity index (χ1) is 10.6. The quantitative estimate of drug-likeness (QED) is 0.500. The van der Waals surface area contributed by atoms with Crippen molar-refractivity contribution in [1.82, 2.24) is 0 Å². The predicted octanol–water partition coefficient (Wildman–Crippen LogP) is 3.75. The van der Waals surface area contributed by atoms with E-state index in [1.54, 1.807) is 24.3 Å². The zero-order chi connectivity index (χ0) is 15.9. The molecule has 0 aromatic heterocycles. The minimum atomic E-state index is -0.380. The molecule has 0 aliphatic carbocycles. The van der Waals surface area contributed by atoms with Crippen LogP contribution in [0.1, 0.15) is 18.1 Å². The average molecular weight is 323 g/mol. The number of nitrogens with two attached hydrogens (primary N) is 1. The molecule has 2 N–H and O–H groups in total. The number of hydrazone groups is 1. The van der Waals surface area contributed by atoms with Crippen LogP contribution < -0.4 is 15.3 Å². The maximum Gasteiger partial charge on any atom is 0.161 e. The first kappa shape index (κ1) is 16.1. The van der Waals surface area contributed by atoms with Gasteiger partial charge in [-0.05, 0) is 42.8 Å². The average Bonchev–Trinajstić information content (AvgIpc) is 2.49. The number of nitrogens with zero attached hydrogens (tertiary/aromatic N) is 1. The second-order valence-electron chi connectivity index (χ2n) is 4.44. The first-order valence-corrected chi connectivity index (χ1v) is 7.08. The highest BCUT2D eigenvalue weighted by atomic mass is 35.5. The largest absolute Gasteiger partial charge is 0.490 e. The molecule has 116 valence electrons. The Labute approximate surface area is 133 Å². The van der Waals surface area contributed by atoms with E-state index in [1.807, 2.05) is 6.92 Å². The fraction of sp³-hybridized carbons (Fsp3) is 0.188. The van der Waals surface area contributed by atoms with Crippen molar-refractivity contribution in [3.05, 3.63) is 58.4 Å². The van der Waals surface area contributed by atoms with Crippen molar-refractivity contribution in [3.8, 4) is 11.5 Å². The Bertz CT molecular complexity index is 677. The van der Waals surface area contributed by atoms with Crippen LogP contribution in [-0.4, -0.2) is 12.8 Å². The first-order valence-electron chi connectivity index (χ1n) is 6.71. The van der Waals surface area contributed by atoms with E-state index in [0.717, 1.165) is 5.56 Å². The highest BCUT2D eigenvalue weighted by molar-refractivity contribution is 6.31. The third kappa shape index (κ3) is 4.11. The summed E-state index contributed by atoms with van der Waals surface area (Å²) in [6.07, 6.45) is 1.52. The van der Waals surface area contributed by atoms with Gasteiger partial charge in [-0.1, -0.05) is 17.7 Å². The molecule has 0 unspecified atom stereocenters. The highest BCUT2D eigenvalue weighted by Gasteiger charge is 2.08. The predicted molar refractivity (Wildman–Crippen MR) is 85.1 cm³/mol. The number of hydrogen-bond donors (Lipinski definition) is 1. The molecule has 0 aliphatic rings. The number of rotatable bonds is 6. The van der Waals surface area contributed by atoms with Gasteiger partial charge in [0.05, 0.1) is 17.8 Å². The minimum Gasteiger partial charge on any atom is -0.490 e. The molecule has 0 saturated heterocycles. The van der Waals surface area contributed by atoms with Crippen LogP contribution in [0.5, 0.6) is 11.5 Å². The van der Waals surface area contributed by atoms with Gasteiger partial charge in [0.15, 0.2) is 11.5 Å². The highest BCUT2D eigenvalue weighted by Crippen LogP contribution is 2.29. The third-order valence-electron chi connectivity index (χ3n) is 2.89. The fourth-order valence-electron chi connectivity index (χ4n) is 1.87. The fourth-order valence-corrected chi connectivity index (χ4v) is 2.09. The maximum atomic E-state index is 13.0. The van der Waals surface area contributed by atoms with Gasteiger partial charge < -0.3 is 15.3 Å². The summed E-state index contributed by atoms with van der Waals surface area (Å²) >= 11 is 5.98. The van der Waals surface area contributed by atoms with E-state index in [0.29, 0.717) is 28.7 Å². The van der Waals surface area contributed by atoms with Gasteiger partial charge in [-0.2, -0.15) is 5.10 Å². The topological polar surface area (TPSA) is 56.8 Å². The van der Waals surface area contributed by atoms with Gasteiger partial charge in [0.25, 0.3) is 0 Å². The van der Waals surface area contributed by atoms with Gasteiger partial charge in [-0.3, -0.25) is 0 Å². The molecule has 0 bridgehead atoms. The zero-order valence-electron chi connectivity index (χ0n) is 12.1. The summed E-state index contributed by atoms with van der Waals surface area (Å²) in [4.78, 5) is 0. The standard InChI is InChI=1S/C16H16ClFN2O2/c1-2-21-16-7-11(9-20-19)3-6-15(16)22-10-12-4-5-13(18)8-14(12)17/h3-9H,2,10,19H2,1H3. The Balaban J connectivity index is 2.17. The maximum absolute atomic E-state index is 13.0. The van der Waals surface area contributed by atoms with E-state index in [2.05, 4.69) is 5.10 Å². The monoisotopic (exact) mass is 322 g/mol. The molecule has 4 nitrogen and oxygen atoms in total. The van der Waals surface area contributed by atoms with Crippen LogP contribution in [0.3, 0.4) is 0 Å². The molecule has 2 aromatic rings. The summed E-state index contributed by atoms with van der Waals surface area (Å²) in [7, 11) is 0. The number of hydrogen-bond acceptors (Lipinski definition) is 4. The molecule has 22 heavy (non-hydrogen) atoms. The van der Waals surface area contributed by atoms with Crippen molar-refractivity contribution in [3.63, 3.8) is 0 Å². The lowest BCUT2D eigenvalue weighted by molar-refractivity contribution is 0.269. The smallest absolute Gasteiger partial charge is 0.161 e. The van der Waals surface area contributed by atoms with E-state index >= 15 is 0 Å². The van der Waals surface area contributed by atoms with Crippen molar-refractivity contribution >= 4 is 17.8 Å². The van der Waals surface area contributed by atoms with Crippen LogP contribution in [-0.2, 0) is 6.61 Å². The molecule has 0 radical (unpaired) electrons. The number of ether oxygens (including phenoxy) is 2. The summed E-state index contributed by atoms with van der Waals surface area (Å²) < 4.78 is 24.3. The molecular formula is C16H16ClFN2O2. The summed E-state index contributed by atoms with van der Waals surface area (Å²) in [6.45, 7) is 2.59. The van der Waals surface area contributed by atoms with Gasteiger partial charge >= 0.3 is 0 Å². The molecule has 0 saturated carbocycles. The van der Waals surface area contributed by atoms with Crippen LogP contribution in [0.15, 0.2) is 41.5 Å². The molecule has 0 heterocycles. The van der Waals surface area contributed by atoms with Gasteiger partial charge in [0.2, 0.25) is 0 Å². The van der Waals surface area contributed by atoms with E-state index in [9.17, 15) is 4.39 Å². The minimum absolute atomic E-state index is 0.212. The van der Waals surface area contributed by atoms with Gasteiger partial charge in [-0.25, -0.2) is 4.39 Å². The van der Waals surface area contributed by atoms with Crippen molar-refractivity contribution in [2.75, 3.05) is 6.61 Å². The Kier molecular flexibility index (Phi) is 5.61. The summed E-state index contributed by atoms with van der Waals surface area (Å²) in [5, 5.41) is 3.80. The Hall–Kier alpha value is -2.27. The lowest BCUT2D eigenvalue weighted by atomic mass is 10.2. The third-order valence-corrected chi connectivity index (χ3v) is 3.24. The molecule has 0 amide bonds. The lowest BCUT2D eigenvalue weighted by Crippen LogP contribution is -2.01. The van der Waals surface area contributed by atoms with Crippen LogP contribution >= 0.6 is 11.6 Å². The van der Waals surface area contributed by atoms with Crippen molar-refractivity contribution < 1.29 is 13.9 Å². The summed E-state index contributed by atoms with van der Waals surface area (Å²) in [5.74, 6) is 5.91. The molecule has 2 rings (SSSR count). The Morgan fingerprint density at radius 2 is 2.00 bits per heavy atom. The van der Waals surface area contributed by atoms with Crippen LogP contribution in [0.25, 0.3) is 0 Å². The number of benzene rings is 2. The van der Waals surface area contributed by atoms with Gasteiger partial charge in [-0.15, -0.1) is 0 Å². The summed E-state index contributed by atoms with van der Waals surface area (Å²) in [6, 6.07) is 9.54. The second kappa shape index (κ2) is 7.66. The SMILES string of the molecule is CCOc1cc(C=NN)ccc1OCc1ccc(F)cc1Cl.